The van der Waals surface area contributed by atoms with Gasteiger partial charge in [0, 0.05) is 16.7 Å². The van der Waals surface area contributed by atoms with Crippen LogP contribution in [-0.4, -0.2) is 26.5 Å². The van der Waals surface area contributed by atoms with Crippen LogP contribution in [-0.2, 0) is 9.84 Å². The largest absolute Gasteiger partial charge is 0.309 e. The third-order valence-electron chi connectivity index (χ3n) is 2.99. The molecule has 0 saturated carbocycles. The van der Waals surface area contributed by atoms with Gasteiger partial charge in [-0.25, -0.2) is 8.42 Å². The molecule has 1 N–H and O–H groups in total. The van der Waals surface area contributed by atoms with Gasteiger partial charge in [-0.2, -0.15) is 0 Å². The highest BCUT2D eigenvalue weighted by Crippen LogP contribution is 2.31. The van der Waals surface area contributed by atoms with Crippen LogP contribution in [0.3, 0.4) is 0 Å². The van der Waals surface area contributed by atoms with Crippen LogP contribution in [0.5, 0.6) is 0 Å². The summed E-state index contributed by atoms with van der Waals surface area (Å²) >= 11 is 7.79. The second-order valence-electron chi connectivity index (χ2n) is 4.52. The maximum atomic E-state index is 11.5. The maximum absolute atomic E-state index is 11.5. The van der Waals surface area contributed by atoms with Crippen LogP contribution in [0.15, 0.2) is 11.4 Å². The van der Waals surface area contributed by atoms with Crippen molar-refractivity contribution in [2.75, 3.05) is 18.1 Å². The number of rotatable bonds is 9. The van der Waals surface area contributed by atoms with E-state index < -0.39 is 9.84 Å². The van der Waals surface area contributed by atoms with E-state index in [9.17, 15) is 8.42 Å². The summed E-state index contributed by atoms with van der Waals surface area (Å²) in [6, 6.07) is 2.06. The average molecular weight is 324 g/mol. The highest BCUT2D eigenvalue weighted by Gasteiger charge is 2.16. The van der Waals surface area contributed by atoms with Crippen molar-refractivity contribution in [1.29, 1.82) is 0 Å². The molecule has 0 saturated heterocycles. The van der Waals surface area contributed by atoms with Gasteiger partial charge in [-0.3, -0.25) is 0 Å². The van der Waals surface area contributed by atoms with Crippen molar-refractivity contribution in [3.63, 3.8) is 0 Å². The van der Waals surface area contributed by atoms with E-state index in [1.165, 1.54) is 0 Å². The van der Waals surface area contributed by atoms with E-state index in [2.05, 4.69) is 12.2 Å². The Bertz CT molecular complexity index is 471. The molecule has 1 heterocycles. The molecule has 0 amide bonds. The molecule has 3 nitrogen and oxygen atoms in total. The summed E-state index contributed by atoms with van der Waals surface area (Å²) in [5, 5.41) is 6.20. The first-order valence-electron chi connectivity index (χ1n) is 6.66. The molecule has 1 rings (SSSR count). The van der Waals surface area contributed by atoms with Crippen molar-refractivity contribution < 1.29 is 8.42 Å². The molecule has 6 heteroatoms. The maximum Gasteiger partial charge on any atom is 0.150 e. The summed E-state index contributed by atoms with van der Waals surface area (Å²) in [6.07, 6.45) is 2.53. The number of hydrogen-bond acceptors (Lipinski definition) is 4. The summed E-state index contributed by atoms with van der Waals surface area (Å²) < 4.78 is 23.0. The topological polar surface area (TPSA) is 46.2 Å². The summed E-state index contributed by atoms with van der Waals surface area (Å²) in [6.45, 7) is 4.72. The molecule has 0 aromatic carbocycles. The lowest BCUT2D eigenvalue weighted by Gasteiger charge is -2.17. The predicted octanol–water partition coefficient (Wildman–Crippen LogP) is 3.66. The molecule has 110 valence electrons. The number of hydrogen-bond donors (Lipinski definition) is 1. The first kappa shape index (κ1) is 17.0. The van der Waals surface area contributed by atoms with Gasteiger partial charge < -0.3 is 5.32 Å². The first-order valence-corrected chi connectivity index (χ1v) is 9.74. The molecule has 0 fully saturated rings. The van der Waals surface area contributed by atoms with Gasteiger partial charge in [0.2, 0.25) is 0 Å². The molecule has 0 spiro atoms. The lowest BCUT2D eigenvalue weighted by Crippen LogP contribution is -2.22. The van der Waals surface area contributed by atoms with Gasteiger partial charge >= 0.3 is 0 Å². The van der Waals surface area contributed by atoms with Gasteiger partial charge in [0.25, 0.3) is 0 Å². The highest BCUT2D eigenvalue weighted by molar-refractivity contribution is 7.91. The summed E-state index contributed by atoms with van der Waals surface area (Å²) in [5.74, 6) is 0.483. The second kappa shape index (κ2) is 8.25. The molecular formula is C13H22ClNO2S2. The van der Waals surface area contributed by atoms with Crippen molar-refractivity contribution in [3.05, 3.63) is 21.3 Å². The van der Waals surface area contributed by atoms with E-state index in [1.807, 2.05) is 11.4 Å². The van der Waals surface area contributed by atoms with Crippen LogP contribution in [0, 0.1) is 0 Å². The molecule has 1 aromatic rings. The molecule has 1 unspecified atom stereocenters. The Labute approximate surface area is 125 Å². The fourth-order valence-corrected chi connectivity index (χ4v) is 4.05. The zero-order valence-corrected chi connectivity index (χ0v) is 13.9. The smallest absolute Gasteiger partial charge is 0.150 e. The Morgan fingerprint density at radius 3 is 2.68 bits per heavy atom. The molecule has 0 bridgehead atoms. The zero-order valence-electron chi connectivity index (χ0n) is 11.5. The highest BCUT2D eigenvalue weighted by atomic mass is 35.5. The molecule has 19 heavy (non-hydrogen) atoms. The summed E-state index contributed by atoms with van der Waals surface area (Å²) in [4.78, 5) is 1.11. The van der Waals surface area contributed by atoms with Crippen molar-refractivity contribution in [2.45, 2.75) is 39.2 Å². The van der Waals surface area contributed by atoms with E-state index in [4.69, 9.17) is 11.6 Å². The molecule has 0 aliphatic carbocycles. The fraction of sp³-hybridized carbons (Fsp3) is 0.692. The quantitative estimate of drug-likeness (QED) is 0.754. The first-order chi connectivity index (χ1) is 9.00. The van der Waals surface area contributed by atoms with Crippen molar-refractivity contribution in [2.24, 2.45) is 0 Å². The van der Waals surface area contributed by atoms with E-state index >= 15 is 0 Å². The van der Waals surface area contributed by atoms with E-state index in [0.717, 1.165) is 29.3 Å². The fourth-order valence-electron chi connectivity index (χ4n) is 1.85. The number of sulfone groups is 1. The molecule has 1 atom stereocenters. The van der Waals surface area contributed by atoms with Crippen molar-refractivity contribution >= 4 is 32.8 Å². The minimum atomic E-state index is -2.87. The van der Waals surface area contributed by atoms with Crippen molar-refractivity contribution in [1.82, 2.24) is 5.32 Å². The van der Waals surface area contributed by atoms with Crippen LogP contribution >= 0.6 is 22.9 Å². The molecule has 0 aliphatic rings. The average Bonchev–Trinajstić information content (AvgIpc) is 2.80. The molecule has 0 radical (unpaired) electrons. The van der Waals surface area contributed by atoms with Gasteiger partial charge in [-0.1, -0.05) is 25.4 Å². The van der Waals surface area contributed by atoms with Gasteiger partial charge in [-0.15, -0.1) is 11.3 Å². The van der Waals surface area contributed by atoms with E-state index in [1.54, 1.807) is 18.3 Å². The third-order valence-corrected chi connectivity index (χ3v) is 6.25. The number of thiophene rings is 1. The normalized spacial score (nSPS) is 13.6. The Kier molecular flexibility index (Phi) is 7.36. The molecule has 0 aliphatic heterocycles. The van der Waals surface area contributed by atoms with Crippen LogP contribution < -0.4 is 5.32 Å². The lowest BCUT2D eigenvalue weighted by molar-refractivity contribution is 0.499. The lowest BCUT2D eigenvalue weighted by atomic mass is 10.1. The van der Waals surface area contributed by atoms with Crippen molar-refractivity contribution in [3.8, 4) is 0 Å². The van der Waals surface area contributed by atoms with E-state index in [0.29, 0.717) is 6.42 Å². The number of nitrogens with one attached hydrogen (secondary N) is 1. The van der Waals surface area contributed by atoms with Gasteiger partial charge in [0.1, 0.15) is 9.84 Å². The van der Waals surface area contributed by atoms with Crippen LogP contribution in [0.2, 0.25) is 5.02 Å². The van der Waals surface area contributed by atoms with Gasteiger partial charge in [-0.05, 0) is 37.3 Å². The Balaban J connectivity index is 2.59. The Morgan fingerprint density at radius 1 is 1.42 bits per heavy atom. The predicted molar refractivity (Wildman–Crippen MR) is 83.9 cm³/mol. The minimum absolute atomic E-state index is 0.166. The summed E-state index contributed by atoms with van der Waals surface area (Å²) in [5.41, 5.74) is 0. The molecule has 1 aromatic heterocycles. The Morgan fingerprint density at radius 2 is 2.16 bits per heavy atom. The number of halogens is 1. The van der Waals surface area contributed by atoms with Crippen LogP contribution in [0.1, 0.15) is 44.0 Å². The molecular weight excluding hydrogens is 302 g/mol. The Hall–Kier alpha value is -0.100. The zero-order chi connectivity index (χ0) is 14.3. The van der Waals surface area contributed by atoms with Gasteiger partial charge in [0.05, 0.1) is 10.8 Å². The van der Waals surface area contributed by atoms with E-state index in [-0.39, 0.29) is 17.5 Å². The van der Waals surface area contributed by atoms with Crippen LogP contribution in [0.25, 0.3) is 0 Å². The SMILES string of the molecule is CCCNC(CCCS(=O)(=O)CC)c1sccc1Cl. The minimum Gasteiger partial charge on any atom is -0.309 e. The standard InChI is InChI=1S/C13H22ClNO2S2/c1-3-8-15-12(13-11(14)7-9-18-13)6-5-10-19(16,17)4-2/h7,9,12,15H,3-6,8,10H2,1-2H3. The van der Waals surface area contributed by atoms with Gasteiger partial charge in [0.15, 0.2) is 0 Å². The second-order valence-corrected chi connectivity index (χ2v) is 8.35. The summed E-state index contributed by atoms with van der Waals surface area (Å²) in [7, 11) is -2.87. The monoisotopic (exact) mass is 323 g/mol. The van der Waals surface area contributed by atoms with Crippen LogP contribution in [0.4, 0.5) is 0 Å². The third kappa shape index (κ3) is 5.81.